The van der Waals surface area contributed by atoms with E-state index in [1.54, 1.807) is 25.3 Å². The first-order chi connectivity index (χ1) is 8.78. The highest BCUT2D eigenvalue weighted by atomic mass is 32.1. The van der Waals surface area contributed by atoms with Gasteiger partial charge in [-0.05, 0) is 23.8 Å². The standard InChI is InChI=1S/C13H9FN2OS/c1-17-9-4-2-8(3-5-9)10-6-12-13(7-11(10)14)16-18-15-12/h2-7H,1H3. The molecule has 0 radical (unpaired) electrons. The lowest BCUT2D eigenvalue weighted by Gasteiger charge is -2.05. The average Bonchev–Trinajstić information content (AvgIpc) is 2.85. The molecule has 0 bridgehead atoms. The van der Waals surface area contributed by atoms with Crippen molar-refractivity contribution in [2.24, 2.45) is 0 Å². The van der Waals surface area contributed by atoms with E-state index in [0.29, 0.717) is 16.6 Å². The first-order valence-electron chi connectivity index (χ1n) is 5.34. The van der Waals surface area contributed by atoms with Crippen LogP contribution in [0.25, 0.3) is 22.2 Å². The number of hydrogen-bond acceptors (Lipinski definition) is 4. The van der Waals surface area contributed by atoms with E-state index in [2.05, 4.69) is 8.75 Å². The Morgan fingerprint density at radius 2 is 1.72 bits per heavy atom. The lowest BCUT2D eigenvalue weighted by molar-refractivity contribution is 0.415. The Hall–Kier alpha value is -2.01. The topological polar surface area (TPSA) is 35.0 Å². The number of nitrogens with zero attached hydrogens (tertiary/aromatic N) is 2. The van der Waals surface area contributed by atoms with E-state index in [0.717, 1.165) is 23.0 Å². The Morgan fingerprint density at radius 1 is 1.06 bits per heavy atom. The molecule has 0 aliphatic carbocycles. The van der Waals surface area contributed by atoms with Crippen LogP contribution < -0.4 is 4.74 Å². The number of halogens is 1. The smallest absolute Gasteiger partial charge is 0.133 e. The highest BCUT2D eigenvalue weighted by Crippen LogP contribution is 2.28. The molecule has 0 amide bonds. The molecule has 0 fully saturated rings. The molecular weight excluding hydrogens is 251 g/mol. The normalized spacial score (nSPS) is 10.8. The van der Waals surface area contributed by atoms with Crippen molar-refractivity contribution in [1.82, 2.24) is 8.75 Å². The van der Waals surface area contributed by atoms with Gasteiger partial charge in [0.1, 0.15) is 22.6 Å². The molecule has 5 heteroatoms. The van der Waals surface area contributed by atoms with E-state index < -0.39 is 0 Å². The van der Waals surface area contributed by atoms with E-state index in [-0.39, 0.29) is 5.82 Å². The van der Waals surface area contributed by atoms with E-state index >= 15 is 0 Å². The third-order valence-corrected chi connectivity index (χ3v) is 3.30. The van der Waals surface area contributed by atoms with Crippen LogP contribution in [0.5, 0.6) is 5.75 Å². The molecule has 1 heterocycles. The SMILES string of the molecule is COc1ccc(-c2cc3nsnc3cc2F)cc1. The van der Waals surface area contributed by atoms with Gasteiger partial charge >= 0.3 is 0 Å². The van der Waals surface area contributed by atoms with Gasteiger partial charge in [0.15, 0.2) is 0 Å². The molecule has 0 aliphatic rings. The molecule has 0 saturated heterocycles. The molecular formula is C13H9FN2OS. The Kier molecular flexibility index (Phi) is 2.68. The predicted molar refractivity (Wildman–Crippen MR) is 69.4 cm³/mol. The van der Waals surface area contributed by atoms with Crippen LogP contribution in [0.2, 0.25) is 0 Å². The fourth-order valence-electron chi connectivity index (χ4n) is 1.80. The van der Waals surface area contributed by atoms with Gasteiger partial charge in [-0.25, -0.2) is 4.39 Å². The van der Waals surface area contributed by atoms with Crippen LogP contribution in [0.4, 0.5) is 4.39 Å². The molecule has 0 atom stereocenters. The predicted octanol–water partition coefficient (Wildman–Crippen LogP) is 3.51. The summed E-state index contributed by atoms with van der Waals surface area (Å²) in [7, 11) is 1.60. The third-order valence-electron chi connectivity index (χ3n) is 2.74. The monoisotopic (exact) mass is 260 g/mol. The van der Waals surface area contributed by atoms with E-state index in [4.69, 9.17) is 4.74 Å². The van der Waals surface area contributed by atoms with Crippen LogP contribution in [0.15, 0.2) is 36.4 Å². The quantitative estimate of drug-likeness (QED) is 0.707. The highest BCUT2D eigenvalue weighted by molar-refractivity contribution is 7.00. The minimum Gasteiger partial charge on any atom is -0.497 e. The zero-order valence-electron chi connectivity index (χ0n) is 9.55. The number of hydrogen-bond donors (Lipinski definition) is 0. The molecule has 18 heavy (non-hydrogen) atoms. The van der Waals surface area contributed by atoms with Gasteiger partial charge in [-0.2, -0.15) is 8.75 Å². The van der Waals surface area contributed by atoms with Gasteiger partial charge in [-0.15, -0.1) is 0 Å². The summed E-state index contributed by atoms with van der Waals surface area (Å²) >= 11 is 1.08. The van der Waals surface area contributed by atoms with E-state index in [1.807, 2.05) is 12.1 Å². The van der Waals surface area contributed by atoms with Gasteiger partial charge < -0.3 is 4.74 Å². The zero-order chi connectivity index (χ0) is 12.5. The maximum atomic E-state index is 14.0. The molecule has 0 spiro atoms. The lowest BCUT2D eigenvalue weighted by Crippen LogP contribution is -1.86. The van der Waals surface area contributed by atoms with Crippen LogP contribution in [0.3, 0.4) is 0 Å². The van der Waals surface area contributed by atoms with Gasteiger partial charge in [0.25, 0.3) is 0 Å². The van der Waals surface area contributed by atoms with E-state index in [1.165, 1.54) is 6.07 Å². The van der Waals surface area contributed by atoms with Crippen molar-refractivity contribution >= 4 is 22.8 Å². The van der Waals surface area contributed by atoms with Crippen LogP contribution in [0.1, 0.15) is 0 Å². The summed E-state index contributed by atoms with van der Waals surface area (Å²) in [6, 6.07) is 10.4. The summed E-state index contributed by atoms with van der Waals surface area (Å²) < 4.78 is 27.2. The second-order valence-electron chi connectivity index (χ2n) is 3.81. The highest BCUT2D eigenvalue weighted by Gasteiger charge is 2.09. The molecule has 0 unspecified atom stereocenters. The molecule has 0 aliphatic heterocycles. The fraction of sp³-hybridized carbons (Fsp3) is 0.0769. The number of ether oxygens (including phenoxy) is 1. The number of methoxy groups -OCH3 is 1. The molecule has 90 valence electrons. The van der Waals surface area contributed by atoms with Crippen molar-refractivity contribution in [3.8, 4) is 16.9 Å². The number of rotatable bonds is 2. The Balaban J connectivity index is 2.14. The number of fused-ring (bicyclic) bond motifs is 1. The summed E-state index contributed by atoms with van der Waals surface area (Å²) in [4.78, 5) is 0. The molecule has 0 N–H and O–H groups in total. The van der Waals surface area contributed by atoms with Crippen LogP contribution >= 0.6 is 11.7 Å². The number of benzene rings is 2. The van der Waals surface area contributed by atoms with Gasteiger partial charge in [0.05, 0.1) is 18.8 Å². The first kappa shape index (κ1) is 11.1. The van der Waals surface area contributed by atoms with Crippen LogP contribution in [-0.2, 0) is 0 Å². The fourth-order valence-corrected chi connectivity index (χ4v) is 2.31. The Morgan fingerprint density at radius 3 is 2.39 bits per heavy atom. The average molecular weight is 260 g/mol. The second-order valence-corrected chi connectivity index (χ2v) is 4.34. The molecule has 3 rings (SSSR count). The van der Waals surface area contributed by atoms with Crippen LogP contribution in [-0.4, -0.2) is 15.9 Å². The van der Waals surface area contributed by atoms with Gasteiger partial charge in [0.2, 0.25) is 0 Å². The summed E-state index contributed by atoms with van der Waals surface area (Å²) in [5.74, 6) is 0.455. The molecule has 0 saturated carbocycles. The van der Waals surface area contributed by atoms with Gasteiger partial charge in [-0.3, -0.25) is 0 Å². The maximum Gasteiger partial charge on any atom is 0.133 e. The van der Waals surface area contributed by atoms with Gasteiger partial charge in [-0.1, -0.05) is 12.1 Å². The van der Waals surface area contributed by atoms with E-state index in [9.17, 15) is 4.39 Å². The van der Waals surface area contributed by atoms with Gasteiger partial charge in [0, 0.05) is 11.6 Å². The van der Waals surface area contributed by atoms with Crippen molar-refractivity contribution in [2.75, 3.05) is 7.11 Å². The lowest BCUT2D eigenvalue weighted by atomic mass is 10.0. The summed E-state index contributed by atoms with van der Waals surface area (Å²) in [5, 5.41) is 0. The van der Waals surface area contributed by atoms with Crippen molar-refractivity contribution in [1.29, 1.82) is 0 Å². The molecule has 1 aromatic heterocycles. The summed E-state index contributed by atoms with van der Waals surface area (Å²) in [6.45, 7) is 0. The molecule has 3 nitrogen and oxygen atoms in total. The van der Waals surface area contributed by atoms with Crippen LogP contribution in [0, 0.1) is 5.82 Å². The minimum atomic E-state index is -0.291. The summed E-state index contributed by atoms with van der Waals surface area (Å²) in [5.41, 5.74) is 2.63. The van der Waals surface area contributed by atoms with Crippen molar-refractivity contribution in [2.45, 2.75) is 0 Å². The maximum absolute atomic E-state index is 14.0. The van der Waals surface area contributed by atoms with Crippen molar-refractivity contribution < 1.29 is 9.13 Å². The van der Waals surface area contributed by atoms with Crippen molar-refractivity contribution in [3.63, 3.8) is 0 Å². The largest absolute Gasteiger partial charge is 0.497 e. The number of aromatic nitrogens is 2. The molecule has 3 aromatic rings. The van der Waals surface area contributed by atoms with Crippen molar-refractivity contribution in [3.05, 3.63) is 42.2 Å². The zero-order valence-corrected chi connectivity index (χ0v) is 10.4. The first-order valence-corrected chi connectivity index (χ1v) is 6.07. The Bertz CT molecular complexity index is 694. The minimum absolute atomic E-state index is 0.291. The summed E-state index contributed by atoms with van der Waals surface area (Å²) in [6.07, 6.45) is 0. The third kappa shape index (κ3) is 1.82. The Labute approximate surface area is 107 Å². The molecule has 2 aromatic carbocycles. The second kappa shape index (κ2) is 4.34.